The Labute approximate surface area is 103 Å². The number of hydrogen-bond donors (Lipinski definition) is 2. The topological polar surface area (TPSA) is 67.3 Å². The monoisotopic (exact) mass is 240 g/mol. The Kier molecular flexibility index (Phi) is 6.00. The first kappa shape index (κ1) is 14.0. The summed E-state index contributed by atoms with van der Waals surface area (Å²) in [4.78, 5) is 2.16. The van der Waals surface area contributed by atoms with Gasteiger partial charge in [0.05, 0.1) is 24.5 Å². The number of anilines is 1. The molecule has 0 fully saturated rings. The van der Waals surface area contributed by atoms with Gasteiger partial charge in [-0.25, -0.2) is 0 Å². The fraction of sp³-hybridized carbons (Fsp3) is 0.750. The number of unbranched alkanes of at least 4 members (excludes halogenated alkanes) is 2. The largest absolute Gasteiger partial charge is 0.396 e. The zero-order chi connectivity index (χ0) is 12.7. The van der Waals surface area contributed by atoms with Gasteiger partial charge in [0.1, 0.15) is 0 Å². The Morgan fingerprint density at radius 1 is 1.53 bits per heavy atom. The van der Waals surface area contributed by atoms with Gasteiger partial charge in [0.15, 0.2) is 0 Å². The first-order valence-electron chi connectivity index (χ1n) is 6.26. The molecule has 17 heavy (non-hydrogen) atoms. The van der Waals surface area contributed by atoms with E-state index in [-0.39, 0.29) is 0 Å². The van der Waals surface area contributed by atoms with Gasteiger partial charge >= 0.3 is 0 Å². The summed E-state index contributed by atoms with van der Waals surface area (Å²) in [5, 5.41) is 13.9. The van der Waals surface area contributed by atoms with E-state index in [2.05, 4.69) is 16.9 Å². The van der Waals surface area contributed by atoms with Crippen molar-refractivity contribution < 1.29 is 5.11 Å². The molecule has 98 valence electrons. The zero-order valence-corrected chi connectivity index (χ0v) is 10.8. The molecule has 0 aromatic carbocycles. The van der Waals surface area contributed by atoms with E-state index in [1.807, 2.05) is 7.05 Å². The third kappa shape index (κ3) is 5.70. The Morgan fingerprint density at radius 2 is 2.29 bits per heavy atom. The van der Waals surface area contributed by atoms with Gasteiger partial charge in [-0.05, 0) is 20.0 Å². The second-order valence-electron chi connectivity index (χ2n) is 4.62. The van der Waals surface area contributed by atoms with Crippen LogP contribution in [-0.2, 0) is 6.54 Å². The molecule has 0 aliphatic rings. The number of hydrogen-bond acceptors (Lipinski definition) is 4. The smallest absolute Gasteiger partial charge is 0.0862 e. The van der Waals surface area contributed by atoms with Crippen LogP contribution in [0, 0.1) is 0 Å². The molecule has 5 nitrogen and oxygen atoms in total. The van der Waals surface area contributed by atoms with Crippen molar-refractivity contribution in [1.82, 2.24) is 14.7 Å². The minimum atomic E-state index is -0.402. The van der Waals surface area contributed by atoms with Crippen LogP contribution in [0.3, 0.4) is 0 Å². The van der Waals surface area contributed by atoms with Crippen LogP contribution in [0.5, 0.6) is 0 Å². The molecule has 0 spiro atoms. The van der Waals surface area contributed by atoms with Crippen LogP contribution in [0.15, 0.2) is 12.4 Å². The van der Waals surface area contributed by atoms with Gasteiger partial charge in [0.2, 0.25) is 0 Å². The number of nitrogen functional groups attached to an aromatic ring is 1. The Hall–Kier alpha value is -1.07. The van der Waals surface area contributed by atoms with Crippen molar-refractivity contribution in [3.8, 4) is 0 Å². The molecule has 5 heteroatoms. The lowest BCUT2D eigenvalue weighted by Crippen LogP contribution is -2.32. The third-order valence-corrected chi connectivity index (χ3v) is 2.72. The molecule has 1 unspecified atom stereocenters. The molecule has 0 saturated heterocycles. The van der Waals surface area contributed by atoms with E-state index in [0.717, 1.165) is 6.54 Å². The minimum absolute atomic E-state index is 0.402. The molecular formula is C12H24N4O. The van der Waals surface area contributed by atoms with Crippen LogP contribution in [-0.4, -0.2) is 46.0 Å². The van der Waals surface area contributed by atoms with Gasteiger partial charge in [-0.3, -0.25) is 4.68 Å². The highest BCUT2D eigenvalue weighted by Gasteiger charge is 2.09. The molecule has 1 aromatic heterocycles. The summed E-state index contributed by atoms with van der Waals surface area (Å²) in [5.41, 5.74) is 6.19. The number of likely N-dealkylation sites (N-methyl/N-ethyl adjacent to an activating group) is 1. The predicted octanol–water partition coefficient (Wildman–Crippen LogP) is 0.948. The van der Waals surface area contributed by atoms with Crippen molar-refractivity contribution in [2.45, 2.75) is 38.8 Å². The van der Waals surface area contributed by atoms with Gasteiger partial charge < -0.3 is 15.7 Å². The second-order valence-corrected chi connectivity index (χ2v) is 4.62. The number of aliphatic hydroxyl groups is 1. The minimum Gasteiger partial charge on any atom is -0.396 e. The van der Waals surface area contributed by atoms with Gasteiger partial charge in [0, 0.05) is 12.7 Å². The molecule has 0 bridgehead atoms. The van der Waals surface area contributed by atoms with Crippen molar-refractivity contribution in [2.75, 3.05) is 25.9 Å². The summed E-state index contributed by atoms with van der Waals surface area (Å²) < 4.78 is 1.68. The van der Waals surface area contributed by atoms with Crippen LogP contribution >= 0.6 is 0 Å². The highest BCUT2D eigenvalue weighted by Crippen LogP contribution is 2.01. The molecule has 1 rings (SSSR count). The van der Waals surface area contributed by atoms with Gasteiger partial charge in [-0.2, -0.15) is 5.10 Å². The van der Waals surface area contributed by atoms with E-state index in [1.54, 1.807) is 17.1 Å². The van der Waals surface area contributed by atoms with E-state index in [0.29, 0.717) is 18.8 Å². The zero-order valence-electron chi connectivity index (χ0n) is 10.8. The lowest BCUT2D eigenvalue weighted by atomic mass is 10.2. The van der Waals surface area contributed by atoms with Gasteiger partial charge in [-0.1, -0.05) is 19.8 Å². The first-order chi connectivity index (χ1) is 8.11. The maximum Gasteiger partial charge on any atom is 0.0862 e. The van der Waals surface area contributed by atoms with E-state index in [1.165, 1.54) is 19.3 Å². The van der Waals surface area contributed by atoms with Crippen molar-refractivity contribution in [3.05, 3.63) is 12.4 Å². The summed E-state index contributed by atoms with van der Waals surface area (Å²) in [6, 6.07) is 0. The Bertz CT molecular complexity index is 313. The fourth-order valence-corrected chi connectivity index (χ4v) is 1.84. The van der Waals surface area contributed by atoms with E-state index in [4.69, 9.17) is 5.73 Å². The molecule has 1 heterocycles. The average Bonchev–Trinajstić information content (AvgIpc) is 2.64. The Morgan fingerprint density at radius 3 is 2.88 bits per heavy atom. The molecule has 0 saturated carbocycles. The maximum absolute atomic E-state index is 9.90. The molecule has 0 amide bonds. The molecule has 0 radical (unpaired) electrons. The standard InChI is InChI=1S/C12H24N4O/c1-3-4-5-6-15(2)9-12(17)10-16-8-11(13)7-14-16/h7-8,12,17H,3-6,9-10,13H2,1-2H3. The highest BCUT2D eigenvalue weighted by molar-refractivity contribution is 5.30. The second kappa shape index (κ2) is 7.29. The number of aromatic nitrogens is 2. The van der Waals surface area contributed by atoms with E-state index < -0.39 is 6.10 Å². The normalized spacial score (nSPS) is 13.2. The number of aliphatic hydroxyl groups excluding tert-OH is 1. The molecule has 0 aliphatic carbocycles. The first-order valence-corrected chi connectivity index (χ1v) is 6.26. The van der Waals surface area contributed by atoms with Crippen molar-refractivity contribution >= 4 is 5.69 Å². The van der Waals surface area contributed by atoms with Crippen molar-refractivity contribution in [3.63, 3.8) is 0 Å². The summed E-state index contributed by atoms with van der Waals surface area (Å²) in [6.45, 7) is 4.39. The highest BCUT2D eigenvalue weighted by atomic mass is 16.3. The average molecular weight is 240 g/mol. The lowest BCUT2D eigenvalue weighted by Gasteiger charge is -2.20. The van der Waals surface area contributed by atoms with Crippen LogP contribution in [0.2, 0.25) is 0 Å². The number of nitrogens with zero attached hydrogens (tertiary/aromatic N) is 3. The maximum atomic E-state index is 9.90. The van der Waals surface area contributed by atoms with Gasteiger partial charge in [-0.15, -0.1) is 0 Å². The van der Waals surface area contributed by atoms with E-state index in [9.17, 15) is 5.11 Å². The fourth-order valence-electron chi connectivity index (χ4n) is 1.84. The molecule has 1 aromatic rings. The van der Waals surface area contributed by atoms with Crippen LogP contribution in [0.1, 0.15) is 26.2 Å². The summed E-state index contributed by atoms with van der Waals surface area (Å²) in [7, 11) is 2.04. The number of nitrogens with two attached hydrogens (primary N) is 1. The van der Waals surface area contributed by atoms with Crippen molar-refractivity contribution in [2.24, 2.45) is 0 Å². The summed E-state index contributed by atoms with van der Waals surface area (Å²) in [5.74, 6) is 0. The summed E-state index contributed by atoms with van der Waals surface area (Å²) in [6.07, 6.45) is 6.59. The SMILES string of the molecule is CCCCCN(C)CC(O)Cn1cc(N)cn1. The quantitative estimate of drug-likeness (QED) is 0.664. The lowest BCUT2D eigenvalue weighted by molar-refractivity contribution is 0.105. The molecule has 1 atom stereocenters. The predicted molar refractivity (Wildman–Crippen MR) is 69.7 cm³/mol. The van der Waals surface area contributed by atoms with Crippen molar-refractivity contribution in [1.29, 1.82) is 0 Å². The van der Waals surface area contributed by atoms with E-state index >= 15 is 0 Å². The summed E-state index contributed by atoms with van der Waals surface area (Å²) >= 11 is 0. The Balaban J connectivity index is 2.21. The molecule has 3 N–H and O–H groups in total. The van der Waals surface area contributed by atoms with Crippen LogP contribution in [0.25, 0.3) is 0 Å². The van der Waals surface area contributed by atoms with Gasteiger partial charge in [0.25, 0.3) is 0 Å². The van der Waals surface area contributed by atoms with Crippen LogP contribution in [0.4, 0.5) is 5.69 Å². The number of rotatable bonds is 8. The molecular weight excluding hydrogens is 216 g/mol. The third-order valence-electron chi connectivity index (χ3n) is 2.72. The molecule has 0 aliphatic heterocycles. The van der Waals surface area contributed by atoms with Crippen LogP contribution < -0.4 is 5.73 Å².